The molecule has 1 heterocycles. The molecule has 0 unspecified atom stereocenters. The van der Waals surface area contributed by atoms with Crippen molar-refractivity contribution in [2.75, 3.05) is 0 Å². The van der Waals surface area contributed by atoms with Crippen molar-refractivity contribution < 1.29 is 9.85 Å². The van der Waals surface area contributed by atoms with Gasteiger partial charge in [0.2, 0.25) is 0 Å². The molecule has 0 fully saturated rings. The van der Waals surface area contributed by atoms with E-state index in [1.807, 2.05) is 31.2 Å². The van der Waals surface area contributed by atoms with Gasteiger partial charge < -0.3 is 0 Å². The first-order valence-electron chi connectivity index (χ1n) is 5.14. The average molecular weight is 296 g/mol. The largest absolute Gasteiger partial charge is 0.332 e. The molecule has 0 saturated carbocycles. The Morgan fingerprint density at radius 1 is 1.11 bits per heavy atom. The lowest BCUT2D eigenvalue weighted by Crippen LogP contribution is -1.86. The highest BCUT2D eigenvalue weighted by Crippen LogP contribution is 2.44. The Kier molecular flexibility index (Phi) is 3.82. The molecule has 0 radical (unpaired) electrons. The van der Waals surface area contributed by atoms with Crippen LogP contribution in [0.5, 0.6) is 0 Å². The minimum Gasteiger partial charge on any atom is -0.258 e. The smallest absolute Gasteiger partial charge is 0.258 e. The number of aryl methyl sites for hydroxylation is 1. The Hall–Kier alpha value is -1.93. The van der Waals surface area contributed by atoms with Crippen LogP contribution in [0.4, 0.5) is 10.7 Å². The van der Waals surface area contributed by atoms with Gasteiger partial charge in [-0.25, -0.2) is 0 Å². The molecule has 0 N–H and O–H groups in total. The van der Waals surface area contributed by atoms with Crippen LogP contribution in [0.25, 0.3) is 0 Å². The number of hydrogen-bond acceptors (Lipinski definition) is 6. The van der Waals surface area contributed by atoms with Crippen LogP contribution in [0.3, 0.4) is 0 Å². The van der Waals surface area contributed by atoms with Crippen LogP contribution in [0.2, 0.25) is 0 Å². The number of nitrogens with zero attached hydrogens (tertiary/aromatic N) is 2. The zero-order valence-electron chi connectivity index (χ0n) is 9.73. The monoisotopic (exact) mass is 296 g/mol. The van der Waals surface area contributed by atoms with Crippen LogP contribution in [-0.2, 0) is 0 Å². The molecule has 6 nitrogen and oxygen atoms in total. The molecule has 98 valence electrons. The zero-order valence-corrected chi connectivity index (χ0v) is 11.4. The van der Waals surface area contributed by atoms with E-state index < -0.39 is 9.85 Å². The Labute approximate surface area is 116 Å². The minimum atomic E-state index is -0.614. The van der Waals surface area contributed by atoms with E-state index >= 15 is 0 Å². The Bertz CT molecular complexity index is 637. The summed E-state index contributed by atoms with van der Waals surface area (Å²) in [5, 5.41) is 21.3. The second-order valence-electron chi connectivity index (χ2n) is 3.69. The fourth-order valence-corrected chi connectivity index (χ4v) is 3.47. The highest BCUT2D eigenvalue weighted by Gasteiger charge is 2.25. The van der Waals surface area contributed by atoms with Gasteiger partial charge in [0.1, 0.15) is 10.3 Å². The molecular weight excluding hydrogens is 288 g/mol. The van der Waals surface area contributed by atoms with E-state index in [4.69, 9.17) is 0 Å². The van der Waals surface area contributed by atoms with Gasteiger partial charge >= 0.3 is 10.7 Å². The maximum absolute atomic E-state index is 10.9. The summed E-state index contributed by atoms with van der Waals surface area (Å²) in [5.74, 6) is 0. The van der Waals surface area contributed by atoms with Crippen molar-refractivity contribution in [3.8, 4) is 0 Å². The molecule has 0 aliphatic rings. The fraction of sp³-hybridized carbons (Fsp3) is 0.0909. The number of benzene rings is 1. The van der Waals surface area contributed by atoms with E-state index in [9.17, 15) is 20.2 Å². The first-order chi connectivity index (χ1) is 8.97. The van der Waals surface area contributed by atoms with Crippen LogP contribution in [-0.4, -0.2) is 9.85 Å². The van der Waals surface area contributed by atoms with Crippen LogP contribution >= 0.6 is 23.1 Å². The number of thiophene rings is 1. The average Bonchev–Trinajstić information content (AvgIpc) is 2.76. The molecule has 2 rings (SSSR count). The molecule has 0 spiro atoms. The third-order valence-electron chi connectivity index (χ3n) is 2.27. The summed E-state index contributed by atoms with van der Waals surface area (Å²) in [6, 6.07) is 8.43. The lowest BCUT2D eigenvalue weighted by Gasteiger charge is -1.98. The third kappa shape index (κ3) is 3.09. The second-order valence-corrected chi connectivity index (χ2v) is 6.06. The zero-order chi connectivity index (χ0) is 14.0. The summed E-state index contributed by atoms with van der Waals surface area (Å²) in [6.45, 7) is 1.94. The SMILES string of the molecule is Cc1ccc(Sc2sc([N+](=O)[O-])cc2[N+](=O)[O-])cc1. The lowest BCUT2D eigenvalue weighted by molar-refractivity contribution is -0.391. The van der Waals surface area contributed by atoms with Crippen LogP contribution in [0.15, 0.2) is 39.4 Å². The molecule has 1 aromatic carbocycles. The first kappa shape index (κ1) is 13.5. The molecule has 0 aliphatic heterocycles. The Balaban J connectivity index is 2.35. The van der Waals surface area contributed by atoms with E-state index in [1.165, 1.54) is 0 Å². The van der Waals surface area contributed by atoms with E-state index in [-0.39, 0.29) is 10.7 Å². The summed E-state index contributed by atoms with van der Waals surface area (Å²) in [7, 11) is 0. The highest BCUT2D eigenvalue weighted by atomic mass is 32.2. The maximum Gasteiger partial charge on any atom is 0.332 e. The molecule has 2 aromatic rings. The van der Waals surface area contributed by atoms with Gasteiger partial charge in [0.05, 0.1) is 9.85 Å². The van der Waals surface area contributed by atoms with Gasteiger partial charge in [-0.15, -0.1) is 0 Å². The molecule has 0 bridgehead atoms. The highest BCUT2D eigenvalue weighted by molar-refractivity contribution is 8.01. The van der Waals surface area contributed by atoms with E-state index in [2.05, 4.69) is 0 Å². The maximum atomic E-state index is 10.9. The Morgan fingerprint density at radius 2 is 1.74 bits per heavy atom. The predicted octanol–water partition coefficient (Wildman–Crippen LogP) is 4.02. The van der Waals surface area contributed by atoms with Crippen molar-refractivity contribution in [3.05, 3.63) is 56.1 Å². The first-order valence-corrected chi connectivity index (χ1v) is 6.78. The molecule has 0 atom stereocenters. The van der Waals surface area contributed by atoms with Crippen molar-refractivity contribution in [1.29, 1.82) is 0 Å². The molecule has 19 heavy (non-hydrogen) atoms. The minimum absolute atomic E-state index is 0.220. The van der Waals surface area contributed by atoms with Crippen LogP contribution in [0.1, 0.15) is 5.56 Å². The Morgan fingerprint density at radius 3 is 2.26 bits per heavy atom. The van der Waals surface area contributed by atoms with E-state index in [0.717, 1.165) is 39.6 Å². The van der Waals surface area contributed by atoms with Gasteiger partial charge in [0.25, 0.3) is 0 Å². The van der Waals surface area contributed by atoms with Gasteiger partial charge in [-0.3, -0.25) is 20.2 Å². The van der Waals surface area contributed by atoms with E-state index in [1.54, 1.807) is 0 Å². The summed E-state index contributed by atoms with van der Waals surface area (Å²) < 4.78 is 0.320. The molecule has 0 aliphatic carbocycles. The lowest BCUT2D eigenvalue weighted by atomic mass is 10.2. The topological polar surface area (TPSA) is 86.3 Å². The van der Waals surface area contributed by atoms with Gasteiger partial charge in [-0.1, -0.05) is 29.5 Å². The molecule has 0 saturated heterocycles. The summed E-state index contributed by atoms with van der Waals surface area (Å²) in [4.78, 5) is 21.1. The van der Waals surface area contributed by atoms with Gasteiger partial charge in [0, 0.05) is 4.90 Å². The summed E-state index contributed by atoms with van der Waals surface area (Å²) in [6.07, 6.45) is 0. The number of hydrogen-bond donors (Lipinski definition) is 0. The third-order valence-corrected chi connectivity index (χ3v) is 4.55. The predicted molar refractivity (Wildman–Crippen MR) is 72.9 cm³/mol. The molecule has 1 aromatic heterocycles. The summed E-state index contributed by atoms with van der Waals surface area (Å²) in [5.41, 5.74) is 0.860. The number of nitro groups is 2. The van der Waals surface area contributed by atoms with Crippen molar-refractivity contribution in [2.45, 2.75) is 16.0 Å². The molecule has 0 amide bonds. The van der Waals surface area contributed by atoms with Crippen molar-refractivity contribution in [3.63, 3.8) is 0 Å². The number of rotatable bonds is 4. The second kappa shape index (κ2) is 5.37. The fourth-order valence-electron chi connectivity index (χ4n) is 1.36. The van der Waals surface area contributed by atoms with Crippen LogP contribution < -0.4 is 0 Å². The van der Waals surface area contributed by atoms with Crippen molar-refractivity contribution >= 4 is 33.8 Å². The van der Waals surface area contributed by atoms with Crippen LogP contribution in [0, 0.1) is 27.2 Å². The van der Waals surface area contributed by atoms with E-state index in [0.29, 0.717) is 4.21 Å². The normalized spacial score (nSPS) is 10.4. The van der Waals surface area contributed by atoms with Gasteiger partial charge in [0.15, 0.2) is 0 Å². The summed E-state index contributed by atoms with van der Waals surface area (Å²) >= 11 is 1.98. The quantitative estimate of drug-likeness (QED) is 0.628. The molecular formula is C11H8N2O4S2. The standard InChI is InChI=1S/C11H8N2O4S2/c1-7-2-4-8(5-3-7)18-11-9(12(14)15)6-10(19-11)13(16)17/h2-6H,1H3. The van der Waals surface area contributed by atoms with Gasteiger partial charge in [-0.2, -0.15) is 0 Å². The van der Waals surface area contributed by atoms with Crippen molar-refractivity contribution in [2.24, 2.45) is 0 Å². The molecule has 8 heteroatoms. The van der Waals surface area contributed by atoms with Crippen molar-refractivity contribution in [1.82, 2.24) is 0 Å². The van der Waals surface area contributed by atoms with Gasteiger partial charge in [-0.05, 0) is 30.4 Å².